The average molecular weight is 304 g/mol. The highest BCUT2D eigenvalue weighted by molar-refractivity contribution is 6.04. The molecule has 1 aliphatic rings. The summed E-state index contributed by atoms with van der Waals surface area (Å²) in [4.78, 5) is 24.0. The van der Waals surface area contributed by atoms with E-state index in [9.17, 15) is 14.7 Å². The Morgan fingerprint density at radius 1 is 1.36 bits per heavy atom. The van der Waals surface area contributed by atoms with Crippen LogP contribution in [0.2, 0.25) is 0 Å². The predicted octanol–water partition coefficient (Wildman–Crippen LogP) is 3.68. The van der Waals surface area contributed by atoms with Gasteiger partial charge >= 0.3 is 0 Å². The van der Waals surface area contributed by atoms with Crippen molar-refractivity contribution in [1.29, 1.82) is 0 Å². The van der Waals surface area contributed by atoms with Gasteiger partial charge in [0.2, 0.25) is 0 Å². The first-order chi connectivity index (χ1) is 10.3. The van der Waals surface area contributed by atoms with Gasteiger partial charge in [0.05, 0.1) is 5.92 Å². The predicted molar refractivity (Wildman–Crippen MR) is 84.5 cm³/mol. The van der Waals surface area contributed by atoms with E-state index in [1.807, 2.05) is 19.9 Å². The van der Waals surface area contributed by atoms with E-state index in [4.69, 9.17) is 4.74 Å². The number of carbonyl (C=O) groups excluding carboxylic acids is 2. The van der Waals surface area contributed by atoms with Crippen LogP contribution in [0.3, 0.4) is 0 Å². The molecular formula is C18H24O4. The van der Waals surface area contributed by atoms with E-state index < -0.39 is 11.5 Å². The molecule has 1 heterocycles. The summed E-state index contributed by atoms with van der Waals surface area (Å²) in [5.74, 6) is -0.0661. The number of carbonyl (C=O) groups is 2. The van der Waals surface area contributed by atoms with E-state index in [1.54, 1.807) is 6.07 Å². The summed E-state index contributed by atoms with van der Waals surface area (Å²) < 4.78 is 6.01. The summed E-state index contributed by atoms with van der Waals surface area (Å²) in [6.07, 6.45) is 2.56. The molecule has 1 aromatic rings. The maximum absolute atomic E-state index is 12.8. The number of ether oxygens (including phenoxy) is 1. The first-order valence-corrected chi connectivity index (χ1v) is 7.84. The fraction of sp³-hybridized carbons (Fsp3) is 0.556. The van der Waals surface area contributed by atoms with E-state index >= 15 is 0 Å². The zero-order valence-electron chi connectivity index (χ0n) is 13.7. The van der Waals surface area contributed by atoms with Crippen molar-refractivity contribution in [2.24, 2.45) is 5.92 Å². The fourth-order valence-electron chi connectivity index (χ4n) is 3.09. The Hall–Kier alpha value is -1.84. The Kier molecular flexibility index (Phi) is 4.59. The Morgan fingerprint density at radius 3 is 2.64 bits per heavy atom. The van der Waals surface area contributed by atoms with Gasteiger partial charge in [-0.05, 0) is 51.3 Å². The van der Waals surface area contributed by atoms with E-state index in [0.29, 0.717) is 18.6 Å². The molecule has 0 saturated heterocycles. The van der Waals surface area contributed by atoms with Gasteiger partial charge in [-0.1, -0.05) is 13.3 Å². The fourth-order valence-corrected chi connectivity index (χ4v) is 3.09. The molecule has 4 heteroatoms. The molecule has 0 amide bonds. The number of benzene rings is 1. The molecule has 1 aromatic carbocycles. The molecule has 0 aromatic heterocycles. The van der Waals surface area contributed by atoms with Crippen LogP contribution in [0.4, 0.5) is 0 Å². The van der Waals surface area contributed by atoms with Crippen LogP contribution in [0, 0.1) is 5.92 Å². The second kappa shape index (κ2) is 6.11. The standard InChI is InChI=1S/C18H24O4/c1-5-6-12-9-14(20)16-15(10-12)22-18(3,4)13(17(16)21)8-7-11(2)19/h9-10,13,20H,5-8H2,1-4H3. The van der Waals surface area contributed by atoms with E-state index in [-0.39, 0.29) is 22.9 Å². The molecule has 120 valence electrons. The molecule has 0 saturated carbocycles. The minimum atomic E-state index is -0.684. The molecule has 1 aliphatic heterocycles. The molecule has 1 N–H and O–H groups in total. The number of phenolic OH excluding ortho intramolecular Hbond substituents is 1. The third kappa shape index (κ3) is 3.16. The summed E-state index contributed by atoms with van der Waals surface area (Å²) in [7, 11) is 0. The summed E-state index contributed by atoms with van der Waals surface area (Å²) >= 11 is 0. The SMILES string of the molecule is CCCc1cc(O)c2c(c1)OC(C)(C)C(CCC(C)=O)C2=O. The van der Waals surface area contributed by atoms with Gasteiger partial charge in [0, 0.05) is 6.42 Å². The number of rotatable bonds is 5. The largest absolute Gasteiger partial charge is 0.507 e. The van der Waals surface area contributed by atoms with Gasteiger partial charge < -0.3 is 14.6 Å². The smallest absolute Gasteiger partial charge is 0.177 e. The van der Waals surface area contributed by atoms with Crippen molar-refractivity contribution in [1.82, 2.24) is 0 Å². The molecule has 0 bridgehead atoms. The zero-order chi connectivity index (χ0) is 16.5. The highest BCUT2D eigenvalue weighted by Gasteiger charge is 2.44. The van der Waals surface area contributed by atoms with Gasteiger partial charge in [0.15, 0.2) is 5.78 Å². The third-order valence-electron chi connectivity index (χ3n) is 4.24. The second-order valence-corrected chi connectivity index (χ2v) is 6.60. The Bertz CT molecular complexity index is 601. The number of aromatic hydroxyl groups is 1. The molecule has 0 spiro atoms. The lowest BCUT2D eigenvalue weighted by Crippen LogP contribution is -2.46. The van der Waals surface area contributed by atoms with Crippen molar-refractivity contribution in [2.75, 3.05) is 0 Å². The monoisotopic (exact) mass is 304 g/mol. The van der Waals surface area contributed by atoms with Crippen LogP contribution in [0.25, 0.3) is 0 Å². The highest BCUT2D eigenvalue weighted by atomic mass is 16.5. The zero-order valence-corrected chi connectivity index (χ0v) is 13.7. The first kappa shape index (κ1) is 16.5. The third-order valence-corrected chi connectivity index (χ3v) is 4.24. The molecule has 0 radical (unpaired) electrons. The molecule has 0 aliphatic carbocycles. The molecule has 1 atom stereocenters. The number of hydrogen-bond donors (Lipinski definition) is 1. The molecule has 0 fully saturated rings. The normalized spacial score (nSPS) is 19.5. The Labute approximate surface area is 131 Å². The number of ketones is 2. The van der Waals surface area contributed by atoms with E-state index in [1.165, 1.54) is 6.92 Å². The number of phenols is 1. The topological polar surface area (TPSA) is 63.6 Å². The maximum atomic E-state index is 12.8. The maximum Gasteiger partial charge on any atom is 0.177 e. The quantitative estimate of drug-likeness (QED) is 0.901. The van der Waals surface area contributed by atoms with Crippen LogP contribution >= 0.6 is 0 Å². The van der Waals surface area contributed by atoms with Gasteiger partial charge in [-0.25, -0.2) is 0 Å². The van der Waals surface area contributed by atoms with Crippen molar-refractivity contribution in [2.45, 2.75) is 59.0 Å². The first-order valence-electron chi connectivity index (χ1n) is 7.84. The molecule has 4 nitrogen and oxygen atoms in total. The lowest BCUT2D eigenvalue weighted by Gasteiger charge is -2.39. The minimum absolute atomic E-state index is 0.0192. The summed E-state index contributed by atoms with van der Waals surface area (Å²) in [5, 5.41) is 10.2. The van der Waals surface area contributed by atoms with Crippen molar-refractivity contribution < 1.29 is 19.4 Å². The summed E-state index contributed by atoms with van der Waals surface area (Å²) in [6, 6.07) is 3.49. The van der Waals surface area contributed by atoms with E-state index in [0.717, 1.165) is 18.4 Å². The molecule has 22 heavy (non-hydrogen) atoms. The van der Waals surface area contributed by atoms with Crippen LogP contribution in [0.1, 0.15) is 62.9 Å². The molecular weight excluding hydrogens is 280 g/mol. The van der Waals surface area contributed by atoms with Crippen molar-refractivity contribution in [3.63, 3.8) is 0 Å². The highest BCUT2D eigenvalue weighted by Crippen LogP contribution is 2.43. The van der Waals surface area contributed by atoms with Crippen molar-refractivity contribution in [3.05, 3.63) is 23.3 Å². The van der Waals surface area contributed by atoms with Crippen LogP contribution in [-0.2, 0) is 11.2 Å². The van der Waals surface area contributed by atoms with Crippen LogP contribution in [0.15, 0.2) is 12.1 Å². The van der Waals surface area contributed by atoms with Gasteiger partial charge in [0.25, 0.3) is 0 Å². The number of fused-ring (bicyclic) bond motifs is 1. The lowest BCUT2D eigenvalue weighted by molar-refractivity contribution is -0.117. The van der Waals surface area contributed by atoms with Crippen LogP contribution in [-0.4, -0.2) is 22.3 Å². The number of Topliss-reactive ketones (excluding diaryl/α,β-unsaturated/α-hetero) is 2. The Morgan fingerprint density at radius 2 is 2.05 bits per heavy atom. The Balaban J connectivity index is 2.40. The van der Waals surface area contributed by atoms with Gasteiger partial charge in [-0.2, -0.15) is 0 Å². The van der Waals surface area contributed by atoms with Crippen molar-refractivity contribution >= 4 is 11.6 Å². The van der Waals surface area contributed by atoms with Gasteiger partial charge in [-0.3, -0.25) is 4.79 Å². The average Bonchev–Trinajstić information content (AvgIpc) is 2.36. The summed E-state index contributed by atoms with van der Waals surface area (Å²) in [6.45, 7) is 7.30. The number of hydrogen-bond acceptors (Lipinski definition) is 4. The van der Waals surface area contributed by atoms with Crippen molar-refractivity contribution in [3.8, 4) is 11.5 Å². The number of aryl methyl sites for hydroxylation is 1. The lowest BCUT2D eigenvalue weighted by atomic mass is 9.78. The van der Waals surface area contributed by atoms with Crippen LogP contribution < -0.4 is 4.74 Å². The van der Waals surface area contributed by atoms with Gasteiger partial charge in [-0.15, -0.1) is 0 Å². The molecule has 1 unspecified atom stereocenters. The minimum Gasteiger partial charge on any atom is -0.507 e. The molecule has 2 rings (SSSR count). The second-order valence-electron chi connectivity index (χ2n) is 6.60. The summed E-state index contributed by atoms with van der Waals surface area (Å²) in [5.41, 5.74) is 0.536. The van der Waals surface area contributed by atoms with Crippen LogP contribution in [0.5, 0.6) is 11.5 Å². The van der Waals surface area contributed by atoms with Gasteiger partial charge in [0.1, 0.15) is 28.4 Å². The van der Waals surface area contributed by atoms with E-state index in [2.05, 4.69) is 6.92 Å².